The molecule has 1 saturated heterocycles. The zero-order valence-corrected chi connectivity index (χ0v) is 13.9. The molecular weight excluding hydrogens is 324 g/mol. The van der Waals surface area contributed by atoms with Crippen LogP contribution in [-0.4, -0.2) is 51.8 Å². The van der Waals surface area contributed by atoms with Gasteiger partial charge in [-0.25, -0.2) is 14.3 Å². The second-order valence-corrected chi connectivity index (χ2v) is 5.66. The molecule has 0 radical (unpaired) electrons. The average Bonchev–Trinajstić information content (AvgIpc) is 3.20. The standard InChI is InChI=1S/C17H18N4O4/c1-11-14(10-19-21(11)13-6-4-3-5-7-13)16(23)25-12(2)15(22)20-9-8-18-17(20)24/h3-7,10,12H,8-9H2,1-2H3,(H,18,24). The highest BCUT2D eigenvalue weighted by molar-refractivity contribution is 5.99. The molecule has 0 bridgehead atoms. The van der Waals surface area contributed by atoms with Crippen molar-refractivity contribution >= 4 is 17.9 Å². The first-order valence-corrected chi connectivity index (χ1v) is 7.89. The lowest BCUT2D eigenvalue weighted by molar-refractivity contribution is -0.136. The van der Waals surface area contributed by atoms with Crippen molar-refractivity contribution in [1.29, 1.82) is 0 Å². The van der Waals surface area contributed by atoms with Crippen LogP contribution in [0.15, 0.2) is 36.5 Å². The summed E-state index contributed by atoms with van der Waals surface area (Å²) in [5, 5.41) is 6.74. The lowest BCUT2D eigenvalue weighted by Gasteiger charge is -2.18. The predicted molar refractivity (Wildman–Crippen MR) is 88.3 cm³/mol. The van der Waals surface area contributed by atoms with Crippen LogP contribution in [0.25, 0.3) is 5.69 Å². The Morgan fingerprint density at radius 2 is 2.00 bits per heavy atom. The first-order valence-electron chi connectivity index (χ1n) is 7.89. The Labute approximate surface area is 144 Å². The molecule has 3 rings (SSSR count). The number of amides is 3. The maximum Gasteiger partial charge on any atom is 0.342 e. The summed E-state index contributed by atoms with van der Waals surface area (Å²) in [6.07, 6.45) is 0.348. The molecule has 1 aliphatic rings. The number of benzene rings is 1. The largest absolute Gasteiger partial charge is 0.449 e. The number of para-hydroxylation sites is 1. The summed E-state index contributed by atoms with van der Waals surface area (Å²) < 4.78 is 6.85. The van der Waals surface area contributed by atoms with E-state index in [2.05, 4.69) is 10.4 Å². The van der Waals surface area contributed by atoms with Crippen LogP contribution in [0, 0.1) is 6.92 Å². The van der Waals surface area contributed by atoms with Gasteiger partial charge in [0.1, 0.15) is 5.56 Å². The summed E-state index contributed by atoms with van der Waals surface area (Å²) in [6.45, 7) is 3.86. The Bertz CT molecular complexity index is 815. The van der Waals surface area contributed by atoms with E-state index >= 15 is 0 Å². The lowest BCUT2D eigenvalue weighted by atomic mass is 10.2. The van der Waals surface area contributed by atoms with E-state index < -0.39 is 24.0 Å². The highest BCUT2D eigenvalue weighted by Crippen LogP contribution is 2.16. The topological polar surface area (TPSA) is 93.5 Å². The van der Waals surface area contributed by atoms with Crippen molar-refractivity contribution in [3.05, 3.63) is 47.8 Å². The molecule has 2 aromatic rings. The van der Waals surface area contributed by atoms with Crippen LogP contribution in [-0.2, 0) is 9.53 Å². The van der Waals surface area contributed by atoms with E-state index in [0.717, 1.165) is 10.6 Å². The van der Waals surface area contributed by atoms with Gasteiger partial charge in [0.2, 0.25) is 0 Å². The second kappa shape index (κ2) is 6.76. The zero-order chi connectivity index (χ0) is 18.0. The molecule has 8 heteroatoms. The summed E-state index contributed by atoms with van der Waals surface area (Å²) in [4.78, 5) is 37.1. The maximum absolute atomic E-state index is 12.4. The predicted octanol–water partition coefficient (Wildman–Crippen LogP) is 1.28. The smallest absolute Gasteiger partial charge is 0.342 e. The molecule has 1 aromatic carbocycles. The van der Waals surface area contributed by atoms with Crippen molar-refractivity contribution in [2.75, 3.05) is 13.1 Å². The maximum atomic E-state index is 12.4. The molecule has 1 unspecified atom stereocenters. The Morgan fingerprint density at radius 3 is 2.64 bits per heavy atom. The van der Waals surface area contributed by atoms with Crippen molar-refractivity contribution in [1.82, 2.24) is 20.0 Å². The third-order valence-electron chi connectivity index (χ3n) is 3.98. The molecule has 130 valence electrons. The van der Waals surface area contributed by atoms with E-state index in [0.29, 0.717) is 12.2 Å². The fourth-order valence-corrected chi connectivity index (χ4v) is 2.62. The van der Waals surface area contributed by atoms with Crippen molar-refractivity contribution in [3.63, 3.8) is 0 Å². The van der Waals surface area contributed by atoms with Gasteiger partial charge in [-0.05, 0) is 26.0 Å². The molecular formula is C17H18N4O4. The van der Waals surface area contributed by atoms with Gasteiger partial charge in [0.25, 0.3) is 5.91 Å². The number of nitrogens with zero attached hydrogens (tertiary/aromatic N) is 3. The molecule has 0 aliphatic carbocycles. The summed E-state index contributed by atoms with van der Waals surface area (Å²) >= 11 is 0. The van der Waals surface area contributed by atoms with Crippen LogP contribution in [0.1, 0.15) is 23.0 Å². The number of hydrogen-bond donors (Lipinski definition) is 1. The molecule has 25 heavy (non-hydrogen) atoms. The van der Waals surface area contributed by atoms with Gasteiger partial charge < -0.3 is 10.1 Å². The normalized spacial score (nSPS) is 15.0. The van der Waals surface area contributed by atoms with Crippen LogP contribution >= 0.6 is 0 Å². The number of urea groups is 1. The number of ether oxygens (including phenoxy) is 1. The second-order valence-electron chi connectivity index (χ2n) is 5.66. The lowest BCUT2D eigenvalue weighted by Crippen LogP contribution is -2.41. The van der Waals surface area contributed by atoms with Gasteiger partial charge in [0.15, 0.2) is 6.10 Å². The highest BCUT2D eigenvalue weighted by Gasteiger charge is 2.32. The fraction of sp³-hybridized carbons (Fsp3) is 0.294. The van der Waals surface area contributed by atoms with E-state index in [9.17, 15) is 14.4 Å². The van der Waals surface area contributed by atoms with Crippen molar-refractivity contribution in [2.24, 2.45) is 0 Å². The van der Waals surface area contributed by atoms with Crippen LogP contribution < -0.4 is 5.32 Å². The van der Waals surface area contributed by atoms with Gasteiger partial charge in [0, 0.05) is 13.1 Å². The van der Waals surface area contributed by atoms with Crippen LogP contribution in [0.3, 0.4) is 0 Å². The highest BCUT2D eigenvalue weighted by atomic mass is 16.5. The summed E-state index contributed by atoms with van der Waals surface area (Å²) in [5.74, 6) is -1.20. The number of imide groups is 1. The molecule has 1 atom stereocenters. The molecule has 8 nitrogen and oxygen atoms in total. The van der Waals surface area contributed by atoms with Crippen molar-refractivity contribution in [2.45, 2.75) is 20.0 Å². The molecule has 0 saturated carbocycles. The number of aromatic nitrogens is 2. The van der Waals surface area contributed by atoms with E-state index in [-0.39, 0.29) is 12.1 Å². The number of carbonyl (C=O) groups is 3. The molecule has 1 aromatic heterocycles. The molecule has 3 amide bonds. The van der Waals surface area contributed by atoms with Gasteiger partial charge in [0.05, 0.1) is 17.6 Å². The van der Waals surface area contributed by atoms with E-state index in [1.54, 1.807) is 11.6 Å². The SMILES string of the molecule is Cc1c(C(=O)OC(C)C(=O)N2CCNC2=O)cnn1-c1ccccc1. The van der Waals surface area contributed by atoms with Crippen molar-refractivity contribution in [3.8, 4) is 5.69 Å². The molecule has 1 aliphatic heterocycles. The molecule has 1 N–H and O–H groups in total. The number of rotatable bonds is 4. The van der Waals surface area contributed by atoms with Gasteiger partial charge in [-0.1, -0.05) is 18.2 Å². The molecule has 2 heterocycles. The minimum absolute atomic E-state index is 0.268. The number of carbonyl (C=O) groups excluding carboxylic acids is 3. The van der Waals surface area contributed by atoms with Gasteiger partial charge in [-0.15, -0.1) is 0 Å². The van der Waals surface area contributed by atoms with Gasteiger partial charge >= 0.3 is 12.0 Å². The van der Waals surface area contributed by atoms with Gasteiger partial charge in [-0.2, -0.15) is 5.10 Å². The van der Waals surface area contributed by atoms with E-state index in [1.165, 1.54) is 13.1 Å². The Balaban J connectivity index is 1.72. The Hall–Kier alpha value is -3.16. The fourth-order valence-electron chi connectivity index (χ4n) is 2.62. The third kappa shape index (κ3) is 3.23. The minimum Gasteiger partial charge on any atom is -0.449 e. The van der Waals surface area contributed by atoms with Crippen LogP contribution in [0.2, 0.25) is 0 Å². The number of esters is 1. The number of nitrogens with one attached hydrogen (secondary N) is 1. The zero-order valence-electron chi connectivity index (χ0n) is 13.9. The quantitative estimate of drug-likeness (QED) is 0.845. The van der Waals surface area contributed by atoms with Crippen LogP contribution in [0.4, 0.5) is 4.79 Å². The summed E-state index contributed by atoms with van der Waals surface area (Å²) in [5.41, 5.74) is 1.70. The summed E-state index contributed by atoms with van der Waals surface area (Å²) in [7, 11) is 0. The van der Waals surface area contributed by atoms with E-state index in [1.807, 2.05) is 30.3 Å². The molecule has 1 fully saturated rings. The van der Waals surface area contributed by atoms with Crippen LogP contribution in [0.5, 0.6) is 0 Å². The minimum atomic E-state index is -1.06. The third-order valence-corrected chi connectivity index (χ3v) is 3.98. The Morgan fingerprint density at radius 1 is 1.28 bits per heavy atom. The number of hydrogen-bond acceptors (Lipinski definition) is 5. The monoisotopic (exact) mass is 342 g/mol. The summed E-state index contributed by atoms with van der Waals surface area (Å²) in [6, 6.07) is 8.90. The first kappa shape index (κ1) is 16.7. The first-order chi connectivity index (χ1) is 12.0. The van der Waals surface area contributed by atoms with Crippen molar-refractivity contribution < 1.29 is 19.1 Å². The average molecular weight is 342 g/mol. The van der Waals surface area contributed by atoms with Gasteiger partial charge in [-0.3, -0.25) is 9.69 Å². The Kier molecular flexibility index (Phi) is 4.51. The van der Waals surface area contributed by atoms with E-state index in [4.69, 9.17) is 4.74 Å². The molecule has 0 spiro atoms.